The average Bonchev–Trinajstić information content (AvgIpc) is 2.90. The SMILES string of the molecule is CCCCCOC(=O)Oc1ccc(C[C@](NC(C)CC)(OC(=O)CCC)C(=O)O)cc1OC(=O)OCCCCC. The summed E-state index contributed by atoms with van der Waals surface area (Å²) in [4.78, 5) is 49.5. The third-order valence-corrected chi connectivity index (χ3v) is 5.96. The molecule has 0 aliphatic carbocycles. The Kier molecular flexibility index (Phi) is 16.4. The Labute approximate surface area is 236 Å². The first-order valence-electron chi connectivity index (χ1n) is 14.2. The van der Waals surface area contributed by atoms with E-state index < -0.39 is 30.0 Å². The van der Waals surface area contributed by atoms with E-state index in [2.05, 4.69) is 5.32 Å². The zero-order chi connectivity index (χ0) is 30.0. The Morgan fingerprint density at radius 2 is 1.43 bits per heavy atom. The second-order valence-corrected chi connectivity index (χ2v) is 9.58. The van der Waals surface area contributed by atoms with Gasteiger partial charge in [-0.2, -0.15) is 0 Å². The van der Waals surface area contributed by atoms with Gasteiger partial charge in [-0.1, -0.05) is 59.4 Å². The van der Waals surface area contributed by atoms with Gasteiger partial charge in [-0.3, -0.25) is 10.1 Å². The van der Waals surface area contributed by atoms with Crippen LogP contribution in [-0.4, -0.2) is 54.3 Å². The molecule has 0 aliphatic rings. The molecule has 0 aromatic heterocycles. The highest BCUT2D eigenvalue weighted by atomic mass is 16.7. The maximum Gasteiger partial charge on any atom is 0.513 e. The number of carboxylic acids is 1. The standard InChI is InChI=1S/C29H45NO10/c1-6-10-12-17-36-27(34)38-23-16-15-22(19-24(23)39-28(35)37-18-13-11-7-2)20-29(26(32)33,30-21(5)9-4)40-25(31)14-8-3/h15-16,19,21,30H,6-14,17-18,20H2,1-5H3,(H,32,33)/t21?,29-/m0/s1. The summed E-state index contributed by atoms with van der Waals surface area (Å²) in [6, 6.07) is 3.88. The van der Waals surface area contributed by atoms with Crippen molar-refractivity contribution in [2.45, 2.75) is 111 Å². The van der Waals surface area contributed by atoms with Gasteiger partial charge >= 0.3 is 24.2 Å². The molecule has 0 heterocycles. The van der Waals surface area contributed by atoms with Crippen molar-refractivity contribution in [2.24, 2.45) is 0 Å². The van der Waals surface area contributed by atoms with Crippen molar-refractivity contribution in [1.29, 1.82) is 0 Å². The minimum absolute atomic E-state index is 0.0442. The van der Waals surface area contributed by atoms with Crippen molar-refractivity contribution in [3.8, 4) is 11.5 Å². The maximum atomic E-state index is 12.5. The van der Waals surface area contributed by atoms with Gasteiger partial charge in [0.15, 0.2) is 11.5 Å². The van der Waals surface area contributed by atoms with Gasteiger partial charge in [-0.05, 0) is 50.3 Å². The summed E-state index contributed by atoms with van der Waals surface area (Å²) in [5.41, 5.74) is -1.75. The average molecular weight is 568 g/mol. The van der Waals surface area contributed by atoms with E-state index in [9.17, 15) is 24.3 Å². The molecule has 11 heteroatoms. The molecule has 2 N–H and O–H groups in total. The van der Waals surface area contributed by atoms with Crippen LogP contribution < -0.4 is 14.8 Å². The van der Waals surface area contributed by atoms with Gasteiger partial charge in [-0.15, -0.1) is 0 Å². The minimum Gasteiger partial charge on any atom is -0.477 e. The lowest BCUT2D eigenvalue weighted by Gasteiger charge is -2.33. The van der Waals surface area contributed by atoms with Crippen LogP contribution >= 0.6 is 0 Å². The Morgan fingerprint density at radius 1 is 0.850 bits per heavy atom. The van der Waals surface area contributed by atoms with E-state index in [0.717, 1.165) is 25.7 Å². The highest BCUT2D eigenvalue weighted by molar-refractivity contribution is 5.82. The highest BCUT2D eigenvalue weighted by Gasteiger charge is 2.44. The van der Waals surface area contributed by atoms with E-state index in [1.54, 1.807) is 13.8 Å². The molecule has 0 spiro atoms. The lowest BCUT2D eigenvalue weighted by atomic mass is 10.00. The first kappa shape index (κ1) is 34.7. The molecule has 1 aromatic carbocycles. The second kappa shape index (κ2) is 18.9. The summed E-state index contributed by atoms with van der Waals surface area (Å²) in [5.74, 6) is -2.34. The molecule has 0 amide bonds. The number of rotatable bonds is 19. The maximum absolute atomic E-state index is 12.5. The predicted octanol–water partition coefficient (Wildman–Crippen LogP) is 6.15. The molecule has 0 bridgehead atoms. The van der Waals surface area contributed by atoms with Crippen LogP contribution in [0.2, 0.25) is 0 Å². The van der Waals surface area contributed by atoms with Crippen LogP contribution in [0.3, 0.4) is 0 Å². The fourth-order valence-electron chi connectivity index (χ4n) is 3.61. The van der Waals surface area contributed by atoms with Crippen LogP contribution in [-0.2, 0) is 30.2 Å². The molecule has 0 aliphatic heterocycles. The number of nitrogens with one attached hydrogen (secondary N) is 1. The number of benzene rings is 1. The highest BCUT2D eigenvalue weighted by Crippen LogP contribution is 2.31. The number of hydrogen-bond donors (Lipinski definition) is 2. The van der Waals surface area contributed by atoms with Crippen molar-refractivity contribution in [1.82, 2.24) is 5.32 Å². The van der Waals surface area contributed by atoms with Gasteiger partial charge in [0.05, 0.1) is 13.2 Å². The normalized spacial score (nSPS) is 13.0. The van der Waals surface area contributed by atoms with Gasteiger partial charge in [0.1, 0.15) is 0 Å². The van der Waals surface area contributed by atoms with Crippen molar-refractivity contribution in [2.75, 3.05) is 13.2 Å². The summed E-state index contributed by atoms with van der Waals surface area (Å²) >= 11 is 0. The van der Waals surface area contributed by atoms with Crippen molar-refractivity contribution in [3.05, 3.63) is 23.8 Å². The molecule has 11 nitrogen and oxygen atoms in total. The number of carboxylic acid groups (broad SMARTS) is 1. The molecule has 2 atom stereocenters. The molecule has 226 valence electrons. The molecule has 1 unspecified atom stereocenters. The Balaban J connectivity index is 3.30. The Morgan fingerprint density at radius 3 is 1.93 bits per heavy atom. The van der Waals surface area contributed by atoms with E-state index in [4.69, 9.17) is 23.7 Å². The predicted molar refractivity (Wildman–Crippen MR) is 147 cm³/mol. The molecule has 1 aromatic rings. The van der Waals surface area contributed by atoms with Crippen LogP contribution in [0.4, 0.5) is 9.59 Å². The Bertz CT molecular complexity index is 951. The first-order valence-corrected chi connectivity index (χ1v) is 14.2. The molecule has 40 heavy (non-hydrogen) atoms. The van der Waals surface area contributed by atoms with Crippen LogP contribution in [0.25, 0.3) is 0 Å². The van der Waals surface area contributed by atoms with Crippen LogP contribution in [0, 0.1) is 0 Å². The number of unbranched alkanes of at least 4 members (excludes halogenated alkanes) is 4. The molecule has 1 rings (SSSR count). The van der Waals surface area contributed by atoms with Crippen LogP contribution in [0.15, 0.2) is 18.2 Å². The van der Waals surface area contributed by atoms with Crippen LogP contribution in [0.5, 0.6) is 11.5 Å². The van der Waals surface area contributed by atoms with E-state index in [0.29, 0.717) is 31.2 Å². The van der Waals surface area contributed by atoms with Crippen molar-refractivity contribution >= 4 is 24.2 Å². The summed E-state index contributed by atoms with van der Waals surface area (Å²) in [5, 5.41) is 13.1. The quantitative estimate of drug-likeness (QED) is 0.0652. The lowest BCUT2D eigenvalue weighted by molar-refractivity contribution is -0.184. The number of ether oxygens (including phenoxy) is 5. The first-order chi connectivity index (χ1) is 19.1. The monoisotopic (exact) mass is 567 g/mol. The summed E-state index contributed by atoms with van der Waals surface area (Å²) < 4.78 is 26.3. The third kappa shape index (κ3) is 12.7. The molecule has 0 radical (unpaired) electrons. The molecular weight excluding hydrogens is 522 g/mol. The van der Waals surface area contributed by atoms with E-state index in [1.165, 1.54) is 18.2 Å². The van der Waals surface area contributed by atoms with Gasteiger partial charge in [0, 0.05) is 18.9 Å². The Hall–Kier alpha value is -3.34. The zero-order valence-corrected chi connectivity index (χ0v) is 24.4. The number of esters is 1. The molecule has 0 fully saturated rings. The zero-order valence-electron chi connectivity index (χ0n) is 24.4. The van der Waals surface area contributed by atoms with Crippen molar-refractivity contribution in [3.63, 3.8) is 0 Å². The topological polar surface area (TPSA) is 147 Å². The van der Waals surface area contributed by atoms with E-state index >= 15 is 0 Å². The fourth-order valence-corrected chi connectivity index (χ4v) is 3.61. The smallest absolute Gasteiger partial charge is 0.477 e. The lowest BCUT2D eigenvalue weighted by Crippen LogP contribution is -2.59. The molecule has 0 saturated heterocycles. The van der Waals surface area contributed by atoms with E-state index in [-0.39, 0.29) is 43.6 Å². The van der Waals surface area contributed by atoms with Gasteiger partial charge in [0.25, 0.3) is 5.72 Å². The third-order valence-electron chi connectivity index (χ3n) is 5.96. The summed E-state index contributed by atoms with van der Waals surface area (Å²) in [6.07, 6.45) is 3.81. The number of aliphatic carboxylic acids is 1. The van der Waals surface area contributed by atoms with Gasteiger partial charge in [-0.25, -0.2) is 14.4 Å². The number of carbonyl (C=O) groups excluding carboxylic acids is 3. The number of hydrogen-bond acceptors (Lipinski definition) is 10. The van der Waals surface area contributed by atoms with Gasteiger partial charge in [0.2, 0.25) is 0 Å². The number of carbonyl (C=O) groups is 4. The molecule has 0 saturated carbocycles. The largest absolute Gasteiger partial charge is 0.513 e. The second-order valence-electron chi connectivity index (χ2n) is 9.58. The van der Waals surface area contributed by atoms with E-state index in [1.807, 2.05) is 20.8 Å². The summed E-state index contributed by atoms with van der Waals surface area (Å²) in [6.45, 7) is 9.78. The fraction of sp³-hybridized carbons (Fsp3) is 0.655. The molecular formula is C29H45NO10. The van der Waals surface area contributed by atoms with Crippen molar-refractivity contribution < 1.29 is 48.0 Å². The van der Waals surface area contributed by atoms with Crippen LogP contribution in [0.1, 0.15) is 98.0 Å². The van der Waals surface area contributed by atoms with Gasteiger partial charge < -0.3 is 28.8 Å². The minimum atomic E-state index is -2.08. The summed E-state index contributed by atoms with van der Waals surface area (Å²) in [7, 11) is 0.